The van der Waals surface area contributed by atoms with Crippen molar-refractivity contribution in [2.45, 2.75) is 6.18 Å². The van der Waals surface area contributed by atoms with Crippen molar-refractivity contribution in [3.05, 3.63) is 40.8 Å². The molecule has 1 aromatic carbocycles. The van der Waals surface area contributed by atoms with Gasteiger partial charge in [-0.15, -0.1) is 0 Å². The third-order valence-electron chi connectivity index (χ3n) is 2.77. The molecular formula is C14H11ClF3NO5. The van der Waals surface area contributed by atoms with Gasteiger partial charge < -0.3 is 19.5 Å². The lowest BCUT2D eigenvalue weighted by Gasteiger charge is -2.16. The lowest BCUT2D eigenvalue weighted by molar-refractivity contribution is -0.148. The SMILES string of the molecule is O=C(COC(=O)C1=COCCO1)Nc1c(Cl)cccc1C(F)(F)F. The van der Waals surface area contributed by atoms with E-state index in [-0.39, 0.29) is 24.0 Å². The third-order valence-corrected chi connectivity index (χ3v) is 3.08. The fourth-order valence-corrected chi connectivity index (χ4v) is 1.96. The minimum absolute atomic E-state index is 0.141. The van der Waals surface area contributed by atoms with Crippen molar-refractivity contribution < 1.29 is 37.0 Å². The van der Waals surface area contributed by atoms with Crippen LogP contribution in [0.15, 0.2) is 30.2 Å². The molecule has 0 unspecified atom stereocenters. The largest absolute Gasteiger partial charge is 0.493 e. The zero-order chi connectivity index (χ0) is 17.7. The molecule has 0 saturated carbocycles. The van der Waals surface area contributed by atoms with Gasteiger partial charge in [0.25, 0.3) is 5.91 Å². The zero-order valence-electron chi connectivity index (χ0n) is 12.0. The first kappa shape index (κ1) is 17.9. The Morgan fingerprint density at radius 3 is 2.67 bits per heavy atom. The second kappa shape index (κ2) is 7.43. The van der Waals surface area contributed by atoms with E-state index in [1.807, 2.05) is 5.32 Å². The van der Waals surface area contributed by atoms with Crippen molar-refractivity contribution in [2.24, 2.45) is 0 Å². The molecule has 0 fully saturated rings. The van der Waals surface area contributed by atoms with Crippen LogP contribution in [0.2, 0.25) is 5.02 Å². The van der Waals surface area contributed by atoms with Gasteiger partial charge >= 0.3 is 12.1 Å². The van der Waals surface area contributed by atoms with Crippen LogP contribution < -0.4 is 5.32 Å². The number of alkyl halides is 3. The number of halogens is 4. The van der Waals surface area contributed by atoms with Gasteiger partial charge in [-0.3, -0.25) is 4.79 Å². The molecule has 6 nitrogen and oxygen atoms in total. The van der Waals surface area contributed by atoms with E-state index in [1.165, 1.54) is 6.07 Å². The van der Waals surface area contributed by atoms with E-state index in [9.17, 15) is 22.8 Å². The van der Waals surface area contributed by atoms with Gasteiger partial charge in [0.05, 0.1) is 16.3 Å². The smallest absolute Gasteiger partial charge is 0.418 e. The summed E-state index contributed by atoms with van der Waals surface area (Å²) in [6.45, 7) is -0.409. The highest BCUT2D eigenvalue weighted by Crippen LogP contribution is 2.38. The number of benzene rings is 1. The number of amides is 1. The molecule has 1 aliphatic heterocycles. The van der Waals surface area contributed by atoms with Crippen LogP contribution in [0.1, 0.15) is 5.56 Å². The number of carbonyl (C=O) groups is 2. The Labute approximate surface area is 139 Å². The summed E-state index contributed by atoms with van der Waals surface area (Å²) in [5.74, 6) is -2.19. The normalized spacial score (nSPS) is 14.1. The van der Waals surface area contributed by atoms with E-state index in [0.29, 0.717) is 0 Å². The highest BCUT2D eigenvalue weighted by molar-refractivity contribution is 6.34. The van der Waals surface area contributed by atoms with Crippen LogP contribution in [0, 0.1) is 0 Å². The summed E-state index contributed by atoms with van der Waals surface area (Å²) in [6, 6.07) is 3.07. The molecule has 1 N–H and O–H groups in total. The quantitative estimate of drug-likeness (QED) is 0.830. The van der Waals surface area contributed by atoms with Crippen LogP contribution in [0.3, 0.4) is 0 Å². The van der Waals surface area contributed by atoms with Crippen molar-refractivity contribution >= 4 is 29.2 Å². The second-order valence-corrected chi connectivity index (χ2v) is 4.89. The Balaban J connectivity index is 2.00. The summed E-state index contributed by atoms with van der Waals surface area (Å²) in [6.07, 6.45) is -3.68. The molecule has 10 heteroatoms. The predicted octanol–water partition coefficient (Wildman–Crippen LogP) is 2.73. The molecule has 0 aliphatic carbocycles. The Morgan fingerprint density at radius 2 is 2.04 bits per heavy atom. The predicted molar refractivity (Wildman–Crippen MR) is 76.0 cm³/mol. The van der Waals surface area contributed by atoms with Crippen LogP contribution in [0.25, 0.3) is 0 Å². The first-order valence-corrected chi connectivity index (χ1v) is 6.94. The Bertz CT molecular complexity index is 675. The maximum absolute atomic E-state index is 12.9. The van der Waals surface area contributed by atoms with Gasteiger partial charge in [-0.25, -0.2) is 4.79 Å². The van der Waals surface area contributed by atoms with Gasteiger partial charge in [0.15, 0.2) is 6.61 Å². The lowest BCUT2D eigenvalue weighted by Crippen LogP contribution is -2.25. The van der Waals surface area contributed by atoms with Crippen molar-refractivity contribution in [2.75, 3.05) is 25.1 Å². The van der Waals surface area contributed by atoms with Crippen LogP contribution in [0.5, 0.6) is 0 Å². The van der Waals surface area contributed by atoms with E-state index in [2.05, 4.69) is 4.74 Å². The topological polar surface area (TPSA) is 73.9 Å². The first-order valence-electron chi connectivity index (χ1n) is 6.56. The highest BCUT2D eigenvalue weighted by Gasteiger charge is 2.34. The van der Waals surface area contributed by atoms with Crippen molar-refractivity contribution in [1.82, 2.24) is 0 Å². The van der Waals surface area contributed by atoms with Crippen LogP contribution in [-0.4, -0.2) is 31.7 Å². The Morgan fingerprint density at radius 1 is 1.29 bits per heavy atom. The minimum Gasteiger partial charge on any atom is -0.493 e. The summed E-state index contributed by atoms with van der Waals surface area (Å²) in [7, 11) is 0. The summed E-state index contributed by atoms with van der Waals surface area (Å²) in [5, 5.41) is 1.69. The Hall–Kier alpha value is -2.42. The van der Waals surface area contributed by atoms with E-state index < -0.39 is 35.9 Å². The fourth-order valence-electron chi connectivity index (χ4n) is 1.74. The molecule has 0 spiro atoms. The maximum Gasteiger partial charge on any atom is 0.418 e. The molecule has 0 aromatic heterocycles. The van der Waals surface area contributed by atoms with Gasteiger partial charge in [0.1, 0.15) is 19.5 Å². The molecule has 24 heavy (non-hydrogen) atoms. The molecule has 1 aliphatic rings. The number of para-hydroxylation sites is 1. The van der Waals surface area contributed by atoms with Crippen LogP contribution in [-0.2, 0) is 30.0 Å². The van der Waals surface area contributed by atoms with E-state index in [1.54, 1.807) is 0 Å². The first-order chi connectivity index (χ1) is 11.3. The number of nitrogens with one attached hydrogen (secondary N) is 1. The number of ether oxygens (including phenoxy) is 3. The number of hydrogen-bond donors (Lipinski definition) is 1. The third kappa shape index (κ3) is 4.54. The van der Waals surface area contributed by atoms with E-state index in [0.717, 1.165) is 18.4 Å². The van der Waals surface area contributed by atoms with E-state index in [4.69, 9.17) is 21.1 Å². The summed E-state index contributed by atoms with van der Waals surface area (Å²) in [4.78, 5) is 23.3. The average Bonchev–Trinajstić information content (AvgIpc) is 2.54. The number of rotatable bonds is 4. The number of anilines is 1. The van der Waals surface area contributed by atoms with Crippen LogP contribution in [0.4, 0.5) is 18.9 Å². The monoisotopic (exact) mass is 365 g/mol. The standard InChI is InChI=1S/C14H11ClF3NO5/c15-9-3-1-2-8(14(16,17)18)12(9)19-11(20)7-24-13(21)10-6-22-4-5-23-10/h1-3,6H,4-5,7H2,(H,19,20). The van der Waals surface area contributed by atoms with Gasteiger partial charge in [0, 0.05) is 0 Å². The molecular weight excluding hydrogens is 355 g/mol. The molecule has 1 amide bonds. The average molecular weight is 366 g/mol. The maximum atomic E-state index is 12.9. The van der Waals surface area contributed by atoms with E-state index >= 15 is 0 Å². The van der Waals surface area contributed by atoms with Crippen molar-refractivity contribution in [3.8, 4) is 0 Å². The molecule has 2 rings (SSSR count). The van der Waals surface area contributed by atoms with Gasteiger partial charge in [0.2, 0.25) is 5.76 Å². The second-order valence-electron chi connectivity index (χ2n) is 4.49. The molecule has 0 radical (unpaired) electrons. The lowest BCUT2D eigenvalue weighted by atomic mass is 10.1. The number of esters is 1. The molecule has 0 bridgehead atoms. The molecule has 0 saturated heterocycles. The molecule has 1 aromatic rings. The van der Waals surface area contributed by atoms with Gasteiger partial charge in [-0.2, -0.15) is 13.2 Å². The summed E-state index contributed by atoms with van der Waals surface area (Å²) < 4.78 is 53.1. The molecule has 1 heterocycles. The minimum atomic E-state index is -4.71. The highest BCUT2D eigenvalue weighted by atomic mass is 35.5. The van der Waals surface area contributed by atoms with Crippen molar-refractivity contribution in [3.63, 3.8) is 0 Å². The molecule has 130 valence electrons. The van der Waals surface area contributed by atoms with Crippen molar-refractivity contribution in [1.29, 1.82) is 0 Å². The molecule has 0 atom stereocenters. The van der Waals surface area contributed by atoms with Crippen LogP contribution >= 0.6 is 11.6 Å². The van der Waals surface area contributed by atoms with Gasteiger partial charge in [-0.05, 0) is 12.1 Å². The zero-order valence-corrected chi connectivity index (χ0v) is 12.7. The number of carbonyl (C=O) groups excluding carboxylic acids is 2. The summed E-state index contributed by atoms with van der Waals surface area (Å²) >= 11 is 5.70. The van der Waals surface area contributed by atoms with Gasteiger partial charge in [-0.1, -0.05) is 17.7 Å². The number of hydrogen-bond acceptors (Lipinski definition) is 5. The summed E-state index contributed by atoms with van der Waals surface area (Å²) in [5.41, 5.74) is -1.72. The Kier molecular flexibility index (Phi) is 5.55. The fraction of sp³-hybridized carbons (Fsp3) is 0.286.